The van der Waals surface area contributed by atoms with Crippen LogP contribution < -0.4 is 11.1 Å². The molecule has 0 saturated heterocycles. The summed E-state index contributed by atoms with van der Waals surface area (Å²) in [6.07, 6.45) is 0. The normalized spacial score (nSPS) is 11.3. The van der Waals surface area contributed by atoms with Crippen LogP contribution in [0.25, 0.3) is 10.8 Å². The van der Waals surface area contributed by atoms with Crippen molar-refractivity contribution in [2.45, 2.75) is 13.8 Å². The number of rotatable bonds is 3. The van der Waals surface area contributed by atoms with Crippen molar-refractivity contribution in [3.8, 4) is 0 Å². The molecule has 0 aromatic heterocycles. The van der Waals surface area contributed by atoms with Crippen molar-refractivity contribution in [3.63, 3.8) is 0 Å². The molecule has 2 aromatic carbocycles. The lowest BCUT2D eigenvalue weighted by atomic mass is 9.92. The number of fused-ring (bicyclic) bond motifs is 1. The summed E-state index contributed by atoms with van der Waals surface area (Å²) >= 11 is 8.46. The number of halogens is 1. The number of anilines is 1. The number of carbonyl (C=O) groups excluding carboxylic acids is 1. The second-order valence-corrected chi connectivity index (χ2v) is 6.38. The molecule has 0 unspecified atom stereocenters. The molecular weight excluding hydrogens is 336 g/mol. The van der Waals surface area contributed by atoms with Gasteiger partial charge in [0.05, 0.1) is 10.4 Å². The highest BCUT2D eigenvalue weighted by molar-refractivity contribution is 9.10. The molecule has 0 bridgehead atoms. The van der Waals surface area contributed by atoms with Crippen LogP contribution in [0.4, 0.5) is 5.69 Å². The van der Waals surface area contributed by atoms with Gasteiger partial charge in [-0.25, -0.2) is 0 Å². The van der Waals surface area contributed by atoms with Gasteiger partial charge in [0.15, 0.2) is 0 Å². The third kappa shape index (κ3) is 2.69. The van der Waals surface area contributed by atoms with E-state index in [1.165, 1.54) is 0 Å². The summed E-state index contributed by atoms with van der Waals surface area (Å²) in [7, 11) is 0. The minimum atomic E-state index is -0.885. The SMILES string of the molecule is CC(C)(C(=O)Nc1ccc(Br)c2ccccc12)C(N)=S. The highest BCUT2D eigenvalue weighted by Crippen LogP contribution is 2.31. The quantitative estimate of drug-likeness (QED) is 0.826. The number of hydrogen-bond donors (Lipinski definition) is 2. The Kier molecular flexibility index (Phi) is 4.11. The summed E-state index contributed by atoms with van der Waals surface area (Å²) in [5.74, 6) is -0.211. The first-order valence-electron chi connectivity index (χ1n) is 6.12. The zero-order valence-electron chi connectivity index (χ0n) is 11.2. The van der Waals surface area contributed by atoms with E-state index >= 15 is 0 Å². The van der Waals surface area contributed by atoms with Crippen molar-refractivity contribution in [2.24, 2.45) is 11.1 Å². The number of nitrogens with two attached hydrogens (primary N) is 1. The Hall–Kier alpha value is -1.46. The molecule has 0 aliphatic heterocycles. The fourth-order valence-electron chi connectivity index (χ4n) is 1.76. The lowest BCUT2D eigenvalue weighted by Crippen LogP contribution is -2.41. The third-order valence-corrected chi connectivity index (χ3v) is 4.50. The maximum Gasteiger partial charge on any atom is 0.236 e. The van der Waals surface area contributed by atoms with Gasteiger partial charge in [-0.3, -0.25) is 4.79 Å². The van der Waals surface area contributed by atoms with Gasteiger partial charge >= 0.3 is 0 Å². The number of benzene rings is 2. The lowest BCUT2D eigenvalue weighted by Gasteiger charge is -2.22. The molecule has 0 fully saturated rings. The molecular formula is C15H15BrN2OS. The van der Waals surface area contributed by atoms with Crippen molar-refractivity contribution >= 4 is 55.5 Å². The average Bonchev–Trinajstić information content (AvgIpc) is 2.42. The van der Waals surface area contributed by atoms with Gasteiger partial charge in [0.2, 0.25) is 5.91 Å². The van der Waals surface area contributed by atoms with E-state index in [1.807, 2.05) is 36.4 Å². The second-order valence-electron chi connectivity index (χ2n) is 5.08. The van der Waals surface area contributed by atoms with Gasteiger partial charge < -0.3 is 11.1 Å². The van der Waals surface area contributed by atoms with Gasteiger partial charge in [0, 0.05) is 15.5 Å². The van der Waals surface area contributed by atoms with Gasteiger partial charge in [-0.2, -0.15) is 0 Å². The molecule has 0 atom stereocenters. The molecule has 3 N–H and O–H groups in total. The first kappa shape index (κ1) is 14.9. The smallest absolute Gasteiger partial charge is 0.236 e. The largest absolute Gasteiger partial charge is 0.392 e. The summed E-state index contributed by atoms with van der Waals surface area (Å²) in [5.41, 5.74) is 5.49. The van der Waals surface area contributed by atoms with Crippen LogP contribution in [0.15, 0.2) is 40.9 Å². The summed E-state index contributed by atoms with van der Waals surface area (Å²) < 4.78 is 0.986. The molecule has 0 heterocycles. The highest BCUT2D eigenvalue weighted by atomic mass is 79.9. The van der Waals surface area contributed by atoms with Gasteiger partial charge in [0.1, 0.15) is 0 Å². The lowest BCUT2D eigenvalue weighted by molar-refractivity contribution is -0.121. The molecule has 0 aliphatic rings. The number of carbonyl (C=O) groups is 1. The van der Waals surface area contributed by atoms with Gasteiger partial charge in [0.25, 0.3) is 0 Å². The minimum absolute atomic E-state index is 0.177. The van der Waals surface area contributed by atoms with Gasteiger partial charge in [-0.1, -0.05) is 52.4 Å². The highest BCUT2D eigenvalue weighted by Gasteiger charge is 2.31. The summed E-state index contributed by atoms with van der Waals surface area (Å²) in [6, 6.07) is 11.6. The Labute approximate surface area is 131 Å². The second kappa shape index (κ2) is 5.50. The molecule has 5 heteroatoms. The van der Waals surface area contributed by atoms with Crippen LogP contribution in [0.1, 0.15) is 13.8 Å². The van der Waals surface area contributed by atoms with Gasteiger partial charge in [-0.05, 0) is 31.4 Å². The first-order chi connectivity index (χ1) is 9.34. The molecule has 0 spiro atoms. The Morgan fingerprint density at radius 1 is 1.20 bits per heavy atom. The third-order valence-electron chi connectivity index (χ3n) is 3.30. The minimum Gasteiger partial charge on any atom is -0.392 e. The molecule has 20 heavy (non-hydrogen) atoms. The predicted octanol–water partition coefficient (Wildman–Crippen LogP) is 3.85. The van der Waals surface area contributed by atoms with E-state index in [9.17, 15) is 4.79 Å². The maximum absolute atomic E-state index is 12.3. The Morgan fingerprint density at radius 2 is 1.80 bits per heavy atom. The number of amides is 1. The predicted molar refractivity (Wildman–Crippen MR) is 90.8 cm³/mol. The van der Waals surface area contributed by atoms with Crippen molar-refractivity contribution in [2.75, 3.05) is 5.32 Å². The molecule has 2 rings (SSSR count). The number of hydrogen-bond acceptors (Lipinski definition) is 2. The standard InChI is InChI=1S/C15H15BrN2OS/c1-15(2,13(17)20)14(19)18-12-8-7-11(16)9-5-3-4-6-10(9)12/h3-8H,1-2H3,(H2,17,20)(H,18,19). The van der Waals surface area contributed by atoms with E-state index in [-0.39, 0.29) is 10.9 Å². The number of nitrogens with one attached hydrogen (secondary N) is 1. The molecule has 2 aromatic rings. The maximum atomic E-state index is 12.3. The van der Waals surface area contributed by atoms with Crippen LogP contribution in [0.2, 0.25) is 0 Å². The van der Waals surface area contributed by atoms with Crippen molar-refractivity contribution in [1.29, 1.82) is 0 Å². The van der Waals surface area contributed by atoms with Crippen LogP contribution >= 0.6 is 28.1 Å². The zero-order chi connectivity index (χ0) is 14.9. The van der Waals surface area contributed by atoms with Crippen LogP contribution in [-0.4, -0.2) is 10.9 Å². The van der Waals surface area contributed by atoms with Gasteiger partial charge in [-0.15, -0.1) is 0 Å². The van der Waals surface area contributed by atoms with E-state index in [1.54, 1.807) is 13.8 Å². The Balaban J connectivity index is 2.43. The topological polar surface area (TPSA) is 55.1 Å². The number of thiocarbonyl (C=S) groups is 1. The summed E-state index contributed by atoms with van der Waals surface area (Å²) in [6.45, 7) is 3.43. The fourth-order valence-corrected chi connectivity index (χ4v) is 2.33. The fraction of sp³-hybridized carbons (Fsp3) is 0.200. The molecule has 0 radical (unpaired) electrons. The molecule has 104 valence electrons. The molecule has 3 nitrogen and oxygen atoms in total. The Bertz CT molecular complexity index is 697. The van der Waals surface area contributed by atoms with E-state index in [0.29, 0.717) is 0 Å². The van der Waals surface area contributed by atoms with Crippen LogP contribution in [0.3, 0.4) is 0 Å². The van der Waals surface area contributed by atoms with Crippen molar-refractivity contribution in [1.82, 2.24) is 0 Å². The monoisotopic (exact) mass is 350 g/mol. The van der Waals surface area contributed by atoms with Crippen LogP contribution in [0.5, 0.6) is 0 Å². The van der Waals surface area contributed by atoms with E-state index in [0.717, 1.165) is 20.9 Å². The Morgan fingerprint density at radius 3 is 2.40 bits per heavy atom. The summed E-state index contributed by atoms with van der Waals surface area (Å²) in [5, 5.41) is 4.91. The van der Waals surface area contributed by atoms with E-state index < -0.39 is 5.41 Å². The van der Waals surface area contributed by atoms with Crippen molar-refractivity contribution in [3.05, 3.63) is 40.9 Å². The molecule has 0 aliphatic carbocycles. The molecule has 0 saturated carbocycles. The average molecular weight is 351 g/mol. The van der Waals surface area contributed by atoms with Crippen molar-refractivity contribution < 1.29 is 4.79 Å². The first-order valence-corrected chi connectivity index (χ1v) is 7.33. The summed E-state index contributed by atoms with van der Waals surface area (Å²) in [4.78, 5) is 12.5. The molecule has 1 amide bonds. The van der Waals surface area contributed by atoms with Crippen LogP contribution in [0, 0.1) is 5.41 Å². The van der Waals surface area contributed by atoms with E-state index in [2.05, 4.69) is 21.2 Å². The van der Waals surface area contributed by atoms with Crippen LogP contribution in [-0.2, 0) is 4.79 Å². The zero-order valence-corrected chi connectivity index (χ0v) is 13.6. The van der Waals surface area contributed by atoms with E-state index in [4.69, 9.17) is 18.0 Å².